The molecule has 1 saturated carbocycles. The van der Waals surface area contributed by atoms with Gasteiger partial charge < -0.3 is 15.4 Å². The molecular weight excluding hydrogens is 302 g/mol. The Hall–Kier alpha value is -0.850. The van der Waals surface area contributed by atoms with Crippen molar-refractivity contribution < 1.29 is 4.74 Å². The summed E-state index contributed by atoms with van der Waals surface area (Å²) in [6.07, 6.45) is 2.98. The summed E-state index contributed by atoms with van der Waals surface area (Å²) in [6.45, 7) is 14.8. The lowest BCUT2D eigenvalue weighted by Gasteiger charge is -2.34. The van der Waals surface area contributed by atoms with Crippen molar-refractivity contribution in [3.8, 4) is 0 Å². The van der Waals surface area contributed by atoms with E-state index < -0.39 is 0 Å². The molecule has 2 fully saturated rings. The molecule has 1 atom stereocenters. The molecule has 0 bridgehead atoms. The maximum Gasteiger partial charge on any atom is 0.191 e. The van der Waals surface area contributed by atoms with Crippen LogP contribution in [0.4, 0.5) is 0 Å². The van der Waals surface area contributed by atoms with Crippen LogP contribution in [-0.2, 0) is 4.74 Å². The predicted molar refractivity (Wildman–Crippen MR) is 101 cm³/mol. The molecule has 2 N–H and O–H groups in total. The van der Waals surface area contributed by atoms with Crippen molar-refractivity contribution in [1.29, 1.82) is 0 Å². The van der Waals surface area contributed by atoms with E-state index in [1.165, 1.54) is 12.8 Å². The monoisotopic (exact) mass is 339 g/mol. The van der Waals surface area contributed by atoms with E-state index in [0.29, 0.717) is 5.92 Å². The minimum absolute atomic E-state index is 0.245. The maximum absolute atomic E-state index is 5.89. The summed E-state index contributed by atoms with van der Waals surface area (Å²) in [7, 11) is 1.83. The number of nitrogens with one attached hydrogen (secondary N) is 2. The van der Waals surface area contributed by atoms with Crippen LogP contribution in [-0.4, -0.2) is 87.4 Å². The molecule has 1 aliphatic carbocycles. The molecule has 0 spiro atoms. The van der Waals surface area contributed by atoms with Crippen LogP contribution in [0.15, 0.2) is 4.99 Å². The molecule has 140 valence electrons. The van der Waals surface area contributed by atoms with Gasteiger partial charge in [0.1, 0.15) is 0 Å². The van der Waals surface area contributed by atoms with E-state index in [0.717, 1.165) is 64.4 Å². The SMILES string of the molecule is CCN(CCNC(=NC)NCC1CN(CC(C)C)CCO1)C1CC1. The van der Waals surface area contributed by atoms with Gasteiger partial charge in [0.15, 0.2) is 5.96 Å². The van der Waals surface area contributed by atoms with Crippen LogP contribution in [0.1, 0.15) is 33.6 Å². The number of guanidine groups is 1. The lowest BCUT2D eigenvalue weighted by Crippen LogP contribution is -2.50. The summed E-state index contributed by atoms with van der Waals surface area (Å²) in [5, 5.41) is 6.85. The normalized spacial score (nSPS) is 23.1. The van der Waals surface area contributed by atoms with E-state index in [-0.39, 0.29) is 6.10 Å². The lowest BCUT2D eigenvalue weighted by atomic mass is 10.2. The van der Waals surface area contributed by atoms with Gasteiger partial charge in [-0.15, -0.1) is 0 Å². The van der Waals surface area contributed by atoms with Gasteiger partial charge in [-0.3, -0.25) is 14.8 Å². The highest BCUT2D eigenvalue weighted by molar-refractivity contribution is 5.79. The molecule has 6 heteroatoms. The van der Waals surface area contributed by atoms with Gasteiger partial charge >= 0.3 is 0 Å². The van der Waals surface area contributed by atoms with Crippen LogP contribution in [0.2, 0.25) is 0 Å². The second-order valence-corrected chi connectivity index (χ2v) is 7.39. The third kappa shape index (κ3) is 6.95. The molecule has 0 amide bonds. The number of hydrogen-bond acceptors (Lipinski definition) is 4. The highest BCUT2D eigenvalue weighted by Gasteiger charge is 2.27. The largest absolute Gasteiger partial charge is 0.374 e. The minimum Gasteiger partial charge on any atom is -0.374 e. The predicted octanol–water partition coefficient (Wildman–Crippen LogP) is 0.993. The third-order valence-corrected chi connectivity index (χ3v) is 4.73. The Morgan fingerprint density at radius 3 is 2.75 bits per heavy atom. The van der Waals surface area contributed by atoms with E-state index in [1.807, 2.05) is 7.05 Å². The zero-order valence-electron chi connectivity index (χ0n) is 16.1. The highest BCUT2D eigenvalue weighted by Crippen LogP contribution is 2.25. The molecule has 1 unspecified atom stereocenters. The standard InChI is InChI=1S/C18H37N5O/c1-5-23(16-6-7-16)9-8-20-18(19-4)21-12-17-14-22(10-11-24-17)13-15(2)3/h15-17H,5-14H2,1-4H3,(H2,19,20,21). The molecule has 2 rings (SSSR count). The number of morpholine rings is 1. The van der Waals surface area contributed by atoms with Crippen LogP contribution in [0.3, 0.4) is 0 Å². The van der Waals surface area contributed by atoms with E-state index >= 15 is 0 Å². The molecule has 0 aromatic carbocycles. The fourth-order valence-electron chi connectivity index (χ4n) is 3.37. The lowest BCUT2D eigenvalue weighted by molar-refractivity contribution is -0.0284. The van der Waals surface area contributed by atoms with Crippen LogP contribution in [0.25, 0.3) is 0 Å². The van der Waals surface area contributed by atoms with Gasteiger partial charge in [-0.2, -0.15) is 0 Å². The molecule has 6 nitrogen and oxygen atoms in total. The molecule has 0 radical (unpaired) electrons. The second-order valence-electron chi connectivity index (χ2n) is 7.39. The Morgan fingerprint density at radius 1 is 1.33 bits per heavy atom. The molecular formula is C18H37N5O. The van der Waals surface area contributed by atoms with E-state index in [2.05, 4.69) is 46.2 Å². The average molecular weight is 340 g/mol. The van der Waals surface area contributed by atoms with Crippen LogP contribution in [0.5, 0.6) is 0 Å². The number of likely N-dealkylation sites (N-methyl/N-ethyl adjacent to an activating group) is 1. The van der Waals surface area contributed by atoms with Gasteiger partial charge in [0.25, 0.3) is 0 Å². The zero-order valence-corrected chi connectivity index (χ0v) is 16.1. The van der Waals surface area contributed by atoms with Crippen molar-refractivity contribution in [3.63, 3.8) is 0 Å². The quantitative estimate of drug-likeness (QED) is 0.485. The molecule has 0 aromatic rings. The minimum atomic E-state index is 0.245. The third-order valence-electron chi connectivity index (χ3n) is 4.73. The second kappa shape index (κ2) is 10.2. The first-order valence-corrected chi connectivity index (χ1v) is 9.64. The Labute approximate surface area is 148 Å². The van der Waals surface area contributed by atoms with Crippen LogP contribution in [0, 0.1) is 5.92 Å². The van der Waals surface area contributed by atoms with Gasteiger partial charge in [-0.05, 0) is 25.3 Å². The summed E-state index contributed by atoms with van der Waals surface area (Å²) in [5.41, 5.74) is 0. The number of rotatable bonds is 9. The van der Waals surface area contributed by atoms with Crippen molar-refractivity contribution in [2.75, 3.05) is 59.5 Å². The van der Waals surface area contributed by atoms with Gasteiger partial charge in [0.2, 0.25) is 0 Å². The fourth-order valence-corrected chi connectivity index (χ4v) is 3.37. The van der Waals surface area contributed by atoms with Crippen molar-refractivity contribution in [2.24, 2.45) is 10.9 Å². The van der Waals surface area contributed by atoms with Crippen LogP contribution < -0.4 is 10.6 Å². The summed E-state index contributed by atoms with van der Waals surface area (Å²) in [5.74, 6) is 1.59. The van der Waals surface area contributed by atoms with Gasteiger partial charge in [-0.25, -0.2) is 0 Å². The van der Waals surface area contributed by atoms with E-state index in [1.54, 1.807) is 0 Å². The molecule has 2 aliphatic rings. The molecule has 24 heavy (non-hydrogen) atoms. The maximum atomic E-state index is 5.89. The van der Waals surface area contributed by atoms with Crippen molar-refractivity contribution in [2.45, 2.75) is 45.8 Å². The zero-order chi connectivity index (χ0) is 17.4. The average Bonchev–Trinajstić information content (AvgIpc) is 3.39. The fraction of sp³-hybridized carbons (Fsp3) is 0.944. The summed E-state index contributed by atoms with van der Waals surface area (Å²) in [4.78, 5) is 9.39. The molecule has 1 heterocycles. The summed E-state index contributed by atoms with van der Waals surface area (Å²) >= 11 is 0. The first-order chi connectivity index (χ1) is 11.6. The first kappa shape index (κ1) is 19.5. The van der Waals surface area contributed by atoms with E-state index in [4.69, 9.17) is 4.74 Å². The van der Waals surface area contributed by atoms with Crippen molar-refractivity contribution in [3.05, 3.63) is 0 Å². The molecule has 0 aromatic heterocycles. The smallest absolute Gasteiger partial charge is 0.191 e. The Morgan fingerprint density at radius 2 is 2.12 bits per heavy atom. The number of nitrogens with zero attached hydrogens (tertiary/aromatic N) is 3. The summed E-state index contributed by atoms with van der Waals surface area (Å²) < 4.78 is 5.89. The number of aliphatic imine (C=N–C) groups is 1. The molecule has 1 saturated heterocycles. The Balaban J connectivity index is 1.63. The number of hydrogen-bond donors (Lipinski definition) is 2. The van der Waals surface area contributed by atoms with Gasteiger partial charge in [-0.1, -0.05) is 20.8 Å². The van der Waals surface area contributed by atoms with Gasteiger partial charge in [0.05, 0.1) is 12.7 Å². The Bertz CT molecular complexity index is 384. The first-order valence-electron chi connectivity index (χ1n) is 9.64. The number of ether oxygens (including phenoxy) is 1. The van der Waals surface area contributed by atoms with Crippen LogP contribution >= 0.6 is 0 Å². The highest BCUT2D eigenvalue weighted by atomic mass is 16.5. The van der Waals surface area contributed by atoms with E-state index in [9.17, 15) is 0 Å². The van der Waals surface area contributed by atoms with Crippen molar-refractivity contribution >= 4 is 5.96 Å². The Kier molecular flexibility index (Phi) is 8.29. The molecule has 1 aliphatic heterocycles. The van der Waals surface area contributed by atoms with Crippen molar-refractivity contribution in [1.82, 2.24) is 20.4 Å². The topological polar surface area (TPSA) is 52.1 Å². The van der Waals surface area contributed by atoms with Gasteiger partial charge in [0, 0.05) is 52.4 Å². The summed E-state index contributed by atoms with van der Waals surface area (Å²) in [6, 6.07) is 0.828.